The zero-order valence-electron chi connectivity index (χ0n) is 16.6. The van der Waals surface area contributed by atoms with Gasteiger partial charge >= 0.3 is 0 Å². The van der Waals surface area contributed by atoms with E-state index in [0.717, 1.165) is 22.4 Å². The Bertz CT molecular complexity index is 1240. The molecule has 4 rings (SSSR count). The van der Waals surface area contributed by atoms with Gasteiger partial charge in [0.1, 0.15) is 11.3 Å². The summed E-state index contributed by atoms with van der Waals surface area (Å²) in [5.74, 6) is 0.594. The van der Waals surface area contributed by atoms with Crippen molar-refractivity contribution >= 4 is 63.2 Å². The second kappa shape index (κ2) is 9.99. The number of carbonyl (C=O) groups is 1. The van der Waals surface area contributed by atoms with Gasteiger partial charge in [0.2, 0.25) is 0 Å². The van der Waals surface area contributed by atoms with Gasteiger partial charge in [-0.3, -0.25) is 10.1 Å². The summed E-state index contributed by atoms with van der Waals surface area (Å²) in [4.78, 5) is 16.6. The Morgan fingerprint density at radius 1 is 1.06 bits per heavy atom. The topological polar surface area (TPSA) is 76.4 Å². The molecule has 2 N–H and O–H groups in total. The number of aromatic nitrogens is 1. The van der Waals surface area contributed by atoms with Gasteiger partial charge in [-0.1, -0.05) is 47.5 Å². The first-order chi connectivity index (χ1) is 15.5. The Morgan fingerprint density at radius 3 is 2.59 bits per heavy atom. The van der Waals surface area contributed by atoms with Crippen LogP contribution in [0.1, 0.15) is 11.5 Å². The second-order valence-corrected chi connectivity index (χ2v) is 8.07. The molecule has 162 valence electrons. The number of thiocarbonyl (C=S) groups is 1. The van der Waals surface area contributed by atoms with Crippen LogP contribution in [0.5, 0.6) is 5.75 Å². The molecule has 1 heterocycles. The number of rotatable bonds is 6. The van der Waals surface area contributed by atoms with E-state index in [0.29, 0.717) is 28.1 Å². The third-order valence-electron chi connectivity index (χ3n) is 4.41. The molecule has 0 aliphatic carbocycles. The summed E-state index contributed by atoms with van der Waals surface area (Å²) in [6.45, 7) is -0.243. The summed E-state index contributed by atoms with van der Waals surface area (Å²) in [5.41, 5.74) is 3.37. The summed E-state index contributed by atoms with van der Waals surface area (Å²) in [7, 11) is 0. The molecule has 1 amide bonds. The third-order valence-corrected chi connectivity index (χ3v) is 5.15. The lowest BCUT2D eigenvalue weighted by Gasteiger charge is -2.11. The zero-order chi connectivity index (χ0) is 22.5. The van der Waals surface area contributed by atoms with E-state index in [1.54, 1.807) is 12.1 Å². The van der Waals surface area contributed by atoms with Crippen molar-refractivity contribution in [3.05, 3.63) is 88.2 Å². The fraction of sp³-hybridized carbons (Fsp3) is 0.0870. The van der Waals surface area contributed by atoms with Gasteiger partial charge in [0.15, 0.2) is 23.2 Å². The highest BCUT2D eigenvalue weighted by atomic mass is 35.5. The maximum Gasteiger partial charge on any atom is 0.264 e. The minimum atomic E-state index is -0.416. The standard InChI is InChI=1S/C23H17Cl2N3O3S/c24-15-7-10-19(17(25)12-15)30-13-21(29)28-23(32)26-16-8-5-14(6-9-16)11-22-27-18-3-1-2-4-20(18)31-22/h1-10,12H,11,13H2,(H2,26,28,29,32). The Morgan fingerprint density at radius 2 is 1.84 bits per heavy atom. The van der Waals surface area contributed by atoms with E-state index in [1.807, 2.05) is 48.5 Å². The smallest absolute Gasteiger partial charge is 0.264 e. The van der Waals surface area contributed by atoms with Gasteiger partial charge in [-0.25, -0.2) is 4.98 Å². The van der Waals surface area contributed by atoms with Crippen LogP contribution in [0, 0.1) is 0 Å². The predicted molar refractivity (Wildman–Crippen MR) is 130 cm³/mol. The van der Waals surface area contributed by atoms with Crippen LogP contribution in [0.4, 0.5) is 5.69 Å². The zero-order valence-corrected chi connectivity index (χ0v) is 18.9. The molecule has 0 unspecified atom stereocenters. The van der Waals surface area contributed by atoms with E-state index >= 15 is 0 Å². The summed E-state index contributed by atoms with van der Waals surface area (Å²) in [5, 5.41) is 6.49. The van der Waals surface area contributed by atoms with Crippen molar-refractivity contribution in [1.29, 1.82) is 0 Å². The van der Waals surface area contributed by atoms with Gasteiger partial charge in [0.25, 0.3) is 5.91 Å². The number of nitrogens with one attached hydrogen (secondary N) is 2. The monoisotopic (exact) mass is 485 g/mol. The first kappa shape index (κ1) is 22.1. The molecule has 0 fully saturated rings. The molecule has 3 aromatic carbocycles. The number of anilines is 1. The molecular formula is C23H17Cl2N3O3S. The number of fused-ring (bicyclic) bond motifs is 1. The Balaban J connectivity index is 1.27. The molecule has 1 aromatic heterocycles. The van der Waals surface area contributed by atoms with Crippen LogP contribution in [0.25, 0.3) is 11.1 Å². The molecule has 4 aromatic rings. The number of hydrogen-bond acceptors (Lipinski definition) is 5. The fourth-order valence-corrected chi connectivity index (χ4v) is 3.63. The summed E-state index contributed by atoms with van der Waals surface area (Å²) in [6.07, 6.45) is 0.570. The van der Waals surface area contributed by atoms with Crippen molar-refractivity contribution in [1.82, 2.24) is 10.3 Å². The molecule has 0 atom stereocenters. The molecule has 0 saturated carbocycles. The van der Waals surface area contributed by atoms with Crippen LogP contribution in [0.15, 0.2) is 71.1 Å². The van der Waals surface area contributed by atoms with Crippen molar-refractivity contribution in [3.8, 4) is 5.75 Å². The SMILES string of the molecule is O=C(COc1ccc(Cl)cc1Cl)NC(=S)Nc1ccc(Cc2nc3ccccc3o2)cc1. The number of benzene rings is 3. The van der Waals surface area contributed by atoms with Gasteiger partial charge in [-0.2, -0.15) is 0 Å². The normalized spacial score (nSPS) is 10.7. The molecule has 0 saturated heterocycles. The van der Waals surface area contributed by atoms with Gasteiger partial charge in [0, 0.05) is 17.1 Å². The number of ether oxygens (including phenoxy) is 1. The number of halogens is 2. The van der Waals surface area contributed by atoms with E-state index in [-0.39, 0.29) is 11.7 Å². The first-order valence-corrected chi connectivity index (χ1v) is 10.7. The largest absolute Gasteiger partial charge is 0.482 e. The maximum atomic E-state index is 12.1. The van der Waals surface area contributed by atoms with Crippen LogP contribution < -0.4 is 15.4 Å². The Kier molecular flexibility index (Phi) is 6.90. The highest BCUT2D eigenvalue weighted by Gasteiger charge is 2.09. The molecule has 32 heavy (non-hydrogen) atoms. The number of hydrogen-bond donors (Lipinski definition) is 2. The Labute approximate surface area is 199 Å². The van der Waals surface area contributed by atoms with Crippen LogP contribution in [0.2, 0.25) is 10.0 Å². The molecule has 0 radical (unpaired) electrons. The van der Waals surface area contributed by atoms with Crippen molar-refractivity contribution in [3.63, 3.8) is 0 Å². The van der Waals surface area contributed by atoms with E-state index in [9.17, 15) is 4.79 Å². The van der Waals surface area contributed by atoms with E-state index in [1.165, 1.54) is 6.07 Å². The van der Waals surface area contributed by atoms with Crippen LogP contribution >= 0.6 is 35.4 Å². The molecular weight excluding hydrogens is 469 g/mol. The molecule has 0 spiro atoms. The van der Waals surface area contributed by atoms with Crippen LogP contribution in [-0.4, -0.2) is 22.6 Å². The van der Waals surface area contributed by atoms with E-state index in [4.69, 9.17) is 44.6 Å². The number of carbonyl (C=O) groups excluding carboxylic acids is 1. The highest BCUT2D eigenvalue weighted by Crippen LogP contribution is 2.27. The molecule has 6 nitrogen and oxygen atoms in total. The van der Waals surface area contributed by atoms with Crippen molar-refractivity contribution in [2.45, 2.75) is 6.42 Å². The van der Waals surface area contributed by atoms with Gasteiger partial charge in [-0.15, -0.1) is 0 Å². The quantitative estimate of drug-likeness (QED) is 0.345. The molecule has 0 bridgehead atoms. The lowest BCUT2D eigenvalue weighted by atomic mass is 10.1. The molecule has 0 aliphatic rings. The highest BCUT2D eigenvalue weighted by molar-refractivity contribution is 7.80. The molecule has 9 heteroatoms. The van der Waals surface area contributed by atoms with Gasteiger partial charge < -0.3 is 14.5 Å². The lowest BCUT2D eigenvalue weighted by Crippen LogP contribution is -2.37. The Hall–Kier alpha value is -3.13. The van der Waals surface area contributed by atoms with E-state index < -0.39 is 5.91 Å². The van der Waals surface area contributed by atoms with Crippen molar-refractivity contribution in [2.24, 2.45) is 0 Å². The first-order valence-electron chi connectivity index (χ1n) is 9.58. The van der Waals surface area contributed by atoms with Crippen LogP contribution in [0.3, 0.4) is 0 Å². The van der Waals surface area contributed by atoms with Gasteiger partial charge in [-0.05, 0) is 60.2 Å². The third kappa shape index (κ3) is 5.76. The average molecular weight is 486 g/mol. The lowest BCUT2D eigenvalue weighted by molar-refractivity contribution is -0.121. The van der Waals surface area contributed by atoms with Crippen LogP contribution in [-0.2, 0) is 11.2 Å². The minimum absolute atomic E-state index is 0.160. The van der Waals surface area contributed by atoms with Gasteiger partial charge in [0.05, 0.1) is 5.02 Å². The number of nitrogens with zero attached hydrogens (tertiary/aromatic N) is 1. The number of amides is 1. The number of oxazole rings is 1. The maximum absolute atomic E-state index is 12.1. The average Bonchev–Trinajstić information content (AvgIpc) is 3.17. The predicted octanol–water partition coefficient (Wildman–Crippen LogP) is 5.62. The second-order valence-electron chi connectivity index (χ2n) is 6.81. The van der Waals surface area contributed by atoms with Crippen molar-refractivity contribution in [2.75, 3.05) is 11.9 Å². The summed E-state index contributed by atoms with van der Waals surface area (Å²) >= 11 is 17.1. The number of para-hydroxylation sites is 2. The summed E-state index contributed by atoms with van der Waals surface area (Å²) < 4.78 is 11.2. The fourth-order valence-electron chi connectivity index (χ4n) is 2.94. The summed E-state index contributed by atoms with van der Waals surface area (Å²) in [6, 6.07) is 20.0. The van der Waals surface area contributed by atoms with Crippen molar-refractivity contribution < 1.29 is 13.9 Å². The van der Waals surface area contributed by atoms with E-state index in [2.05, 4.69) is 15.6 Å². The molecule has 0 aliphatic heterocycles. The minimum Gasteiger partial charge on any atom is -0.482 e.